The van der Waals surface area contributed by atoms with E-state index < -0.39 is 0 Å². The molecule has 1 fully saturated rings. The Balaban J connectivity index is 1.38. The second-order valence-electron chi connectivity index (χ2n) is 6.59. The summed E-state index contributed by atoms with van der Waals surface area (Å²) in [6.07, 6.45) is 4.09. The summed E-state index contributed by atoms with van der Waals surface area (Å²) in [7, 11) is 0. The third-order valence-corrected chi connectivity index (χ3v) is 4.88. The maximum Gasteiger partial charge on any atom is 0.223 e. The van der Waals surface area contributed by atoms with Crippen LogP contribution in [0.25, 0.3) is 0 Å². The monoisotopic (exact) mass is 301 g/mol. The van der Waals surface area contributed by atoms with Gasteiger partial charge in [0.1, 0.15) is 0 Å². The lowest BCUT2D eigenvalue weighted by atomic mass is 9.92. The zero-order valence-electron chi connectivity index (χ0n) is 13.5. The molecular weight excluding hydrogens is 274 g/mol. The molecule has 120 valence electrons. The van der Waals surface area contributed by atoms with Crippen molar-refractivity contribution >= 4 is 11.6 Å². The Morgan fingerprint density at radius 2 is 2.27 bits per heavy atom. The average Bonchev–Trinajstić information content (AvgIpc) is 2.95. The number of hydrogen-bond donors (Lipinski definition) is 2. The molecule has 0 aromatic heterocycles. The molecule has 4 heteroatoms. The number of nitrogens with zero attached hydrogens (tertiary/aromatic N) is 1. The number of carbonyl (C=O) groups is 1. The minimum atomic E-state index is 0.198. The maximum absolute atomic E-state index is 12.2. The molecule has 3 rings (SSSR count). The van der Waals surface area contributed by atoms with Crippen LogP contribution in [0.4, 0.5) is 5.69 Å². The average molecular weight is 301 g/mol. The Morgan fingerprint density at radius 1 is 1.41 bits per heavy atom. The number of fused-ring (bicyclic) bond motifs is 1. The molecule has 0 saturated carbocycles. The first-order valence-corrected chi connectivity index (χ1v) is 8.58. The van der Waals surface area contributed by atoms with E-state index >= 15 is 0 Å². The summed E-state index contributed by atoms with van der Waals surface area (Å²) in [4.78, 5) is 14.6. The first kappa shape index (κ1) is 15.3. The second kappa shape index (κ2) is 7.14. The van der Waals surface area contributed by atoms with Crippen LogP contribution in [0.5, 0.6) is 0 Å². The molecule has 2 N–H and O–H groups in total. The van der Waals surface area contributed by atoms with E-state index in [4.69, 9.17) is 0 Å². The molecule has 1 amide bonds. The molecule has 0 unspecified atom stereocenters. The quantitative estimate of drug-likeness (QED) is 0.817. The Kier molecular flexibility index (Phi) is 4.98. The van der Waals surface area contributed by atoms with E-state index in [0.29, 0.717) is 6.04 Å². The van der Waals surface area contributed by atoms with Gasteiger partial charge in [0.15, 0.2) is 0 Å². The van der Waals surface area contributed by atoms with Crippen LogP contribution in [0, 0.1) is 5.92 Å². The van der Waals surface area contributed by atoms with Gasteiger partial charge >= 0.3 is 0 Å². The minimum Gasteiger partial charge on any atom is -0.371 e. The SMILES string of the molecule is C[C@H]1C[C@@H](C(=O)NCCCN2CCc3ccccc32)CCN1. The Hall–Kier alpha value is -1.55. The molecule has 1 aromatic rings. The number of rotatable bonds is 5. The van der Waals surface area contributed by atoms with Gasteiger partial charge in [0.25, 0.3) is 0 Å². The smallest absolute Gasteiger partial charge is 0.223 e. The predicted molar refractivity (Wildman–Crippen MR) is 90.2 cm³/mol. The molecule has 0 radical (unpaired) electrons. The normalized spacial score (nSPS) is 24.1. The van der Waals surface area contributed by atoms with E-state index in [0.717, 1.165) is 51.9 Å². The van der Waals surface area contributed by atoms with E-state index in [9.17, 15) is 4.79 Å². The van der Waals surface area contributed by atoms with Crippen LogP contribution in [0.2, 0.25) is 0 Å². The van der Waals surface area contributed by atoms with Crippen molar-refractivity contribution in [3.05, 3.63) is 29.8 Å². The van der Waals surface area contributed by atoms with Gasteiger partial charge in [-0.3, -0.25) is 4.79 Å². The van der Waals surface area contributed by atoms with Crippen LogP contribution in [0.15, 0.2) is 24.3 Å². The Morgan fingerprint density at radius 3 is 3.14 bits per heavy atom. The zero-order chi connectivity index (χ0) is 15.4. The number of benzene rings is 1. The third kappa shape index (κ3) is 3.61. The topological polar surface area (TPSA) is 44.4 Å². The van der Waals surface area contributed by atoms with Crippen molar-refractivity contribution in [3.63, 3.8) is 0 Å². The minimum absolute atomic E-state index is 0.198. The predicted octanol–water partition coefficient (Wildman–Crippen LogP) is 1.94. The van der Waals surface area contributed by atoms with Gasteiger partial charge < -0.3 is 15.5 Å². The fourth-order valence-corrected chi connectivity index (χ4v) is 3.63. The van der Waals surface area contributed by atoms with Crippen molar-refractivity contribution in [2.75, 3.05) is 31.1 Å². The van der Waals surface area contributed by atoms with Gasteiger partial charge in [-0.2, -0.15) is 0 Å². The maximum atomic E-state index is 12.2. The largest absolute Gasteiger partial charge is 0.371 e. The molecule has 0 spiro atoms. The van der Waals surface area contributed by atoms with Crippen molar-refractivity contribution < 1.29 is 4.79 Å². The lowest BCUT2D eigenvalue weighted by molar-refractivity contribution is -0.126. The number of carbonyl (C=O) groups excluding carboxylic acids is 1. The first-order chi connectivity index (χ1) is 10.7. The summed E-state index contributed by atoms with van der Waals surface area (Å²) in [5, 5.41) is 6.52. The summed E-state index contributed by atoms with van der Waals surface area (Å²) >= 11 is 0. The van der Waals surface area contributed by atoms with E-state index in [-0.39, 0.29) is 11.8 Å². The molecule has 2 atom stereocenters. The highest BCUT2D eigenvalue weighted by Gasteiger charge is 2.24. The summed E-state index contributed by atoms with van der Waals surface area (Å²) in [5.74, 6) is 0.443. The van der Waals surface area contributed by atoms with E-state index in [1.807, 2.05) is 0 Å². The molecule has 2 aliphatic rings. The lowest BCUT2D eigenvalue weighted by Crippen LogP contribution is -2.42. The third-order valence-electron chi connectivity index (χ3n) is 4.88. The molecule has 1 saturated heterocycles. The summed E-state index contributed by atoms with van der Waals surface area (Å²) in [6.45, 7) is 6.04. The van der Waals surface area contributed by atoms with Gasteiger partial charge in [0.2, 0.25) is 5.91 Å². The van der Waals surface area contributed by atoms with Crippen molar-refractivity contribution in [1.82, 2.24) is 10.6 Å². The molecule has 0 bridgehead atoms. The highest BCUT2D eigenvalue weighted by Crippen LogP contribution is 2.27. The van der Waals surface area contributed by atoms with Crippen LogP contribution in [-0.2, 0) is 11.2 Å². The summed E-state index contributed by atoms with van der Waals surface area (Å²) in [5.41, 5.74) is 2.83. The highest BCUT2D eigenvalue weighted by molar-refractivity contribution is 5.78. The van der Waals surface area contributed by atoms with Crippen molar-refractivity contribution in [2.24, 2.45) is 5.92 Å². The number of amides is 1. The van der Waals surface area contributed by atoms with Gasteiger partial charge in [-0.15, -0.1) is 0 Å². The van der Waals surface area contributed by atoms with E-state index in [2.05, 4.69) is 46.7 Å². The molecule has 0 aliphatic carbocycles. The Labute approximate surface area is 133 Å². The van der Waals surface area contributed by atoms with Crippen LogP contribution >= 0.6 is 0 Å². The molecule has 1 aromatic carbocycles. The van der Waals surface area contributed by atoms with Crippen LogP contribution in [0.3, 0.4) is 0 Å². The summed E-state index contributed by atoms with van der Waals surface area (Å²) in [6, 6.07) is 9.11. The highest BCUT2D eigenvalue weighted by atomic mass is 16.1. The second-order valence-corrected chi connectivity index (χ2v) is 6.59. The van der Waals surface area contributed by atoms with E-state index in [1.165, 1.54) is 11.3 Å². The van der Waals surface area contributed by atoms with Gasteiger partial charge in [0, 0.05) is 37.3 Å². The van der Waals surface area contributed by atoms with Crippen molar-refractivity contribution in [2.45, 2.75) is 38.6 Å². The molecule has 2 heterocycles. The standard InChI is InChI=1S/C18H27N3O/c1-14-13-16(7-10-19-14)18(22)20-9-4-11-21-12-8-15-5-2-3-6-17(15)21/h2-3,5-6,14,16,19H,4,7-13H2,1H3,(H,20,22)/t14-,16-/m0/s1. The fourth-order valence-electron chi connectivity index (χ4n) is 3.63. The zero-order valence-corrected chi connectivity index (χ0v) is 13.5. The van der Waals surface area contributed by atoms with Gasteiger partial charge in [0.05, 0.1) is 0 Å². The fraction of sp³-hybridized carbons (Fsp3) is 0.611. The molecular formula is C18H27N3O. The number of nitrogens with one attached hydrogen (secondary N) is 2. The number of para-hydroxylation sites is 1. The van der Waals surface area contributed by atoms with E-state index in [1.54, 1.807) is 0 Å². The van der Waals surface area contributed by atoms with Crippen molar-refractivity contribution in [3.8, 4) is 0 Å². The summed E-state index contributed by atoms with van der Waals surface area (Å²) < 4.78 is 0. The van der Waals surface area contributed by atoms with Crippen molar-refractivity contribution in [1.29, 1.82) is 0 Å². The van der Waals surface area contributed by atoms with Gasteiger partial charge in [-0.05, 0) is 50.8 Å². The molecule has 4 nitrogen and oxygen atoms in total. The van der Waals surface area contributed by atoms with Crippen LogP contribution in [0.1, 0.15) is 31.7 Å². The lowest BCUT2D eigenvalue weighted by Gasteiger charge is -2.27. The number of hydrogen-bond acceptors (Lipinski definition) is 3. The van der Waals surface area contributed by atoms with Crippen LogP contribution < -0.4 is 15.5 Å². The van der Waals surface area contributed by atoms with Gasteiger partial charge in [-0.25, -0.2) is 0 Å². The molecule has 22 heavy (non-hydrogen) atoms. The number of anilines is 1. The number of piperidine rings is 1. The first-order valence-electron chi connectivity index (χ1n) is 8.58. The molecule has 2 aliphatic heterocycles. The Bertz CT molecular complexity index is 517. The van der Waals surface area contributed by atoms with Crippen LogP contribution in [-0.4, -0.2) is 38.1 Å². The van der Waals surface area contributed by atoms with Gasteiger partial charge in [-0.1, -0.05) is 18.2 Å².